The van der Waals surface area contributed by atoms with Crippen molar-refractivity contribution >= 4 is 17.0 Å². The summed E-state index contributed by atoms with van der Waals surface area (Å²) in [4.78, 5) is 17.0. The highest BCUT2D eigenvalue weighted by molar-refractivity contribution is 5.93. The van der Waals surface area contributed by atoms with E-state index in [2.05, 4.69) is 10.1 Å². The molecule has 0 aliphatic heterocycles. The molecule has 1 aromatic carbocycles. The number of hydrogen-bond acceptors (Lipinski definition) is 4. The third-order valence-corrected chi connectivity index (χ3v) is 4.88. The fraction of sp³-hybridized carbons (Fsp3) is 0.389. The Balaban J connectivity index is 1.55. The number of benzene rings is 1. The van der Waals surface area contributed by atoms with E-state index in [1.165, 1.54) is 0 Å². The summed E-state index contributed by atoms with van der Waals surface area (Å²) in [6.07, 6.45) is 6.47. The van der Waals surface area contributed by atoms with Gasteiger partial charge in [-0.25, -0.2) is 9.78 Å². The SMILES string of the molecule is Cc1nc2cc(C(=O)O[C@@H]3CCC[C@H]3n3cccn3)ccc2n1C. The number of esters is 1. The third-order valence-electron chi connectivity index (χ3n) is 4.88. The van der Waals surface area contributed by atoms with Gasteiger partial charge in [-0.1, -0.05) is 0 Å². The molecule has 6 nitrogen and oxygen atoms in total. The Labute approximate surface area is 140 Å². The molecule has 6 heteroatoms. The van der Waals surface area contributed by atoms with Crippen molar-refractivity contribution in [2.75, 3.05) is 0 Å². The van der Waals surface area contributed by atoms with E-state index >= 15 is 0 Å². The van der Waals surface area contributed by atoms with Gasteiger partial charge in [0.25, 0.3) is 0 Å². The van der Waals surface area contributed by atoms with E-state index in [-0.39, 0.29) is 18.1 Å². The summed E-state index contributed by atoms with van der Waals surface area (Å²) in [6, 6.07) is 7.57. The first kappa shape index (κ1) is 14.9. The van der Waals surface area contributed by atoms with E-state index in [0.717, 1.165) is 36.1 Å². The number of ether oxygens (including phenoxy) is 1. The number of hydrogen-bond donors (Lipinski definition) is 0. The van der Waals surface area contributed by atoms with Crippen LogP contribution in [0.15, 0.2) is 36.7 Å². The fourth-order valence-corrected chi connectivity index (χ4v) is 3.48. The van der Waals surface area contributed by atoms with Crippen molar-refractivity contribution in [1.29, 1.82) is 0 Å². The molecule has 0 bridgehead atoms. The molecule has 0 radical (unpaired) electrons. The minimum absolute atomic E-state index is 0.126. The number of nitrogens with zero attached hydrogens (tertiary/aromatic N) is 4. The molecule has 0 amide bonds. The van der Waals surface area contributed by atoms with Gasteiger partial charge in [-0.05, 0) is 50.5 Å². The van der Waals surface area contributed by atoms with Crippen molar-refractivity contribution in [2.24, 2.45) is 7.05 Å². The zero-order valence-electron chi connectivity index (χ0n) is 13.8. The predicted molar refractivity (Wildman–Crippen MR) is 89.8 cm³/mol. The molecular formula is C18H20N4O2. The largest absolute Gasteiger partial charge is 0.456 e. The zero-order valence-corrected chi connectivity index (χ0v) is 13.8. The van der Waals surface area contributed by atoms with Crippen molar-refractivity contribution in [3.63, 3.8) is 0 Å². The normalized spacial score (nSPS) is 20.6. The minimum Gasteiger partial charge on any atom is -0.456 e. The van der Waals surface area contributed by atoms with E-state index < -0.39 is 0 Å². The van der Waals surface area contributed by atoms with Gasteiger partial charge in [0.2, 0.25) is 0 Å². The molecule has 4 rings (SSSR count). The van der Waals surface area contributed by atoms with Crippen molar-refractivity contribution < 1.29 is 9.53 Å². The van der Waals surface area contributed by atoms with Crippen molar-refractivity contribution in [2.45, 2.75) is 38.3 Å². The summed E-state index contributed by atoms with van der Waals surface area (Å²) >= 11 is 0. The van der Waals surface area contributed by atoms with Crippen molar-refractivity contribution in [1.82, 2.24) is 19.3 Å². The van der Waals surface area contributed by atoms with Gasteiger partial charge in [0.05, 0.1) is 22.6 Å². The van der Waals surface area contributed by atoms with Gasteiger partial charge in [0, 0.05) is 19.4 Å². The Morgan fingerprint density at radius 2 is 2.21 bits per heavy atom. The molecule has 1 aliphatic carbocycles. The maximum absolute atomic E-state index is 12.6. The first-order valence-corrected chi connectivity index (χ1v) is 8.26. The number of carbonyl (C=O) groups is 1. The van der Waals surface area contributed by atoms with Crippen LogP contribution in [0.25, 0.3) is 11.0 Å². The molecule has 124 valence electrons. The van der Waals surface area contributed by atoms with Crippen molar-refractivity contribution in [3.05, 3.63) is 48.0 Å². The number of imidazole rings is 1. The molecule has 0 unspecified atom stereocenters. The average molecular weight is 324 g/mol. The Kier molecular flexibility index (Phi) is 3.59. The molecule has 1 fully saturated rings. The third kappa shape index (κ3) is 2.48. The summed E-state index contributed by atoms with van der Waals surface area (Å²) in [5.74, 6) is 0.634. The molecule has 2 heterocycles. The van der Waals surface area contributed by atoms with Crippen LogP contribution < -0.4 is 0 Å². The Bertz CT molecular complexity index is 882. The smallest absolute Gasteiger partial charge is 0.338 e. The minimum atomic E-state index is -0.288. The summed E-state index contributed by atoms with van der Waals surface area (Å²) in [5.41, 5.74) is 2.38. The molecule has 1 aliphatic rings. The highest BCUT2D eigenvalue weighted by Crippen LogP contribution is 2.32. The van der Waals surface area contributed by atoms with Gasteiger partial charge in [-0.3, -0.25) is 4.68 Å². The van der Waals surface area contributed by atoms with Gasteiger partial charge in [0.15, 0.2) is 0 Å². The van der Waals surface area contributed by atoms with Gasteiger partial charge in [-0.15, -0.1) is 0 Å². The van der Waals surface area contributed by atoms with Crippen molar-refractivity contribution in [3.8, 4) is 0 Å². The highest BCUT2D eigenvalue weighted by atomic mass is 16.5. The van der Waals surface area contributed by atoms with E-state index in [0.29, 0.717) is 5.56 Å². The molecule has 0 saturated heterocycles. The molecular weight excluding hydrogens is 304 g/mol. The maximum atomic E-state index is 12.6. The summed E-state index contributed by atoms with van der Waals surface area (Å²) in [5, 5.41) is 4.29. The van der Waals surface area contributed by atoms with Crippen LogP contribution in [0.5, 0.6) is 0 Å². The van der Waals surface area contributed by atoms with E-state index in [4.69, 9.17) is 4.74 Å². The van der Waals surface area contributed by atoms with E-state index in [1.807, 2.05) is 53.7 Å². The Morgan fingerprint density at radius 3 is 3.00 bits per heavy atom. The van der Waals surface area contributed by atoms with Crippen LogP contribution in [0.1, 0.15) is 41.5 Å². The second-order valence-electron chi connectivity index (χ2n) is 6.35. The quantitative estimate of drug-likeness (QED) is 0.695. The standard InChI is InChI=1S/C18H20N4O2/c1-12-20-14-11-13(7-8-15(14)21(12)2)18(23)24-17-6-3-5-16(17)22-10-4-9-19-22/h4,7-11,16-17H,3,5-6H2,1-2H3/t16-,17-/m1/s1. The van der Waals surface area contributed by atoms with Crippen LogP contribution in [0.4, 0.5) is 0 Å². The van der Waals surface area contributed by atoms with E-state index in [9.17, 15) is 4.79 Å². The number of carbonyl (C=O) groups excluding carboxylic acids is 1. The summed E-state index contributed by atoms with van der Waals surface area (Å²) in [6.45, 7) is 1.95. The van der Waals surface area contributed by atoms with Gasteiger partial charge in [0.1, 0.15) is 11.9 Å². The predicted octanol–water partition coefficient (Wildman–Crippen LogP) is 3.03. The number of aryl methyl sites for hydroxylation is 2. The Morgan fingerprint density at radius 1 is 1.33 bits per heavy atom. The van der Waals surface area contributed by atoms with Crippen LogP contribution >= 0.6 is 0 Å². The molecule has 24 heavy (non-hydrogen) atoms. The first-order valence-electron chi connectivity index (χ1n) is 8.26. The second kappa shape index (κ2) is 5.78. The summed E-state index contributed by atoms with van der Waals surface area (Å²) in [7, 11) is 1.97. The average Bonchev–Trinajstić information content (AvgIpc) is 3.29. The maximum Gasteiger partial charge on any atom is 0.338 e. The van der Waals surface area contributed by atoms with Crippen LogP contribution in [0.2, 0.25) is 0 Å². The van der Waals surface area contributed by atoms with E-state index in [1.54, 1.807) is 6.20 Å². The van der Waals surface area contributed by atoms with Gasteiger partial charge < -0.3 is 9.30 Å². The number of fused-ring (bicyclic) bond motifs is 1. The van der Waals surface area contributed by atoms with Crippen LogP contribution in [0, 0.1) is 6.92 Å². The second-order valence-corrected chi connectivity index (χ2v) is 6.35. The lowest BCUT2D eigenvalue weighted by Gasteiger charge is -2.20. The molecule has 0 N–H and O–H groups in total. The highest BCUT2D eigenvalue weighted by Gasteiger charge is 2.32. The molecule has 3 aromatic rings. The molecule has 1 saturated carbocycles. The zero-order chi connectivity index (χ0) is 16.7. The lowest BCUT2D eigenvalue weighted by atomic mass is 10.2. The molecule has 2 aromatic heterocycles. The van der Waals surface area contributed by atoms with Gasteiger partial charge >= 0.3 is 5.97 Å². The monoisotopic (exact) mass is 324 g/mol. The van der Waals surface area contributed by atoms with Crippen LogP contribution in [-0.4, -0.2) is 31.4 Å². The van der Waals surface area contributed by atoms with Crippen LogP contribution in [0.3, 0.4) is 0 Å². The summed E-state index contributed by atoms with van der Waals surface area (Å²) < 4.78 is 9.69. The number of aromatic nitrogens is 4. The van der Waals surface area contributed by atoms with Crippen LogP contribution in [-0.2, 0) is 11.8 Å². The first-order chi connectivity index (χ1) is 11.6. The number of rotatable bonds is 3. The topological polar surface area (TPSA) is 61.9 Å². The molecule has 2 atom stereocenters. The Hall–Kier alpha value is -2.63. The lowest BCUT2D eigenvalue weighted by molar-refractivity contribution is 0.0210. The molecule has 0 spiro atoms. The lowest BCUT2D eigenvalue weighted by Crippen LogP contribution is -2.25. The van der Waals surface area contributed by atoms with Gasteiger partial charge in [-0.2, -0.15) is 5.10 Å². The fourth-order valence-electron chi connectivity index (χ4n) is 3.48.